The third-order valence-electron chi connectivity index (χ3n) is 3.18. The van der Waals surface area contributed by atoms with Crippen molar-refractivity contribution in [2.45, 2.75) is 32.4 Å². The Hall–Kier alpha value is -0.800. The van der Waals surface area contributed by atoms with Crippen molar-refractivity contribution in [3.05, 3.63) is 24.2 Å². The van der Waals surface area contributed by atoms with Crippen LogP contribution in [0.25, 0.3) is 0 Å². The van der Waals surface area contributed by atoms with Gasteiger partial charge in [0.05, 0.1) is 12.5 Å². The van der Waals surface area contributed by atoms with Crippen LogP contribution in [0.1, 0.15) is 25.3 Å². The average Bonchev–Trinajstić information content (AvgIpc) is 2.80. The van der Waals surface area contributed by atoms with E-state index in [1.54, 1.807) is 12.5 Å². The van der Waals surface area contributed by atoms with Gasteiger partial charge >= 0.3 is 0 Å². The molecule has 1 aliphatic rings. The Bertz CT molecular complexity index is 265. The second kappa shape index (κ2) is 5.33. The molecule has 0 radical (unpaired) electrons. The molecule has 2 heterocycles. The summed E-state index contributed by atoms with van der Waals surface area (Å²) in [4.78, 5) is 0. The molecule has 0 aliphatic carbocycles. The zero-order valence-electron chi connectivity index (χ0n) is 9.24. The predicted octanol–water partition coefficient (Wildman–Crippen LogP) is 2.18. The highest BCUT2D eigenvalue weighted by Gasteiger charge is 2.19. The number of hydrogen-bond acceptors (Lipinski definition) is 3. The van der Waals surface area contributed by atoms with E-state index in [9.17, 15) is 0 Å². The molecule has 0 spiro atoms. The predicted molar refractivity (Wildman–Crippen MR) is 58.6 cm³/mol. The van der Waals surface area contributed by atoms with Crippen molar-refractivity contribution >= 4 is 0 Å². The summed E-state index contributed by atoms with van der Waals surface area (Å²) in [6, 6.07) is 2.56. The number of hydrogen-bond donors (Lipinski definition) is 1. The number of rotatable bonds is 4. The summed E-state index contributed by atoms with van der Waals surface area (Å²) in [5, 5.41) is 3.54. The van der Waals surface area contributed by atoms with E-state index in [1.807, 2.05) is 6.07 Å². The Kier molecular flexibility index (Phi) is 3.80. The van der Waals surface area contributed by atoms with Crippen LogP contribution in [0.2, 0.25) is 0 Å². The summed E-state index contributed by atoms with van der Waals surface area (Å²) in [6.45, 7) is 5.00. The maximum absolute atomic E-state index is 5.36. The number of furan rings is 1. The third kappa shape index (κ3) is 3.08. The summed E-state index contributed by atoms with van der Waals surface area (Å²) < 4.78 is 10.4. The van der Waals surface area contributed by atoms with Gasteiger partial charge in [0.2, 0.25) is 0 Å². The molecule has 0 amide bonds. The maximum atomic E-state index is 5.36. The first-order valence-corrected chi connectivity index (χ1v) is 5.68. The van der Waals surface area contributed by atoms with Gasteiger partial charge in [-0.05, 0) is 31.7 Å². The van der Waals surface area contributed by atoms with E-state index < -0.39 is 0 Å². The third-order valence-corrected chi connectivity index (χ3v) is 3.18. The minimum Gasteiger partial charge on any atom is -0.472 e. The Morgan fingerprint density at radius 3 is 2.93 bits per heavy atom. The van der Waals surface area contributed by atoms with Gasteiger partial charge in [0.25, 0.3) is 0 Å². The normalized spacial score (nSPS) is 20.3. The first-order valence-electron chi connectivity index (χ1n) is 5.68. The van der Waals surface area contributed by atoms with Gasteiger partial charge < -0.3 is 14.5 Å². The molecule has 1 aliphatic heterocycles. The summed E-state index contributed by atoms with van der Waals surface area (Å²) in [6.07, 6.45) is 5.87. The molecule has 1 N–H and O–H groups in total. The molecule has 0 saturated carbocycles. The van der Waals surface area contributed by atoms with Gasteiger partial charge in [-0.3, -0.25) is 0 Å². The van der Waals surface area contributed by atoms with Crippen molar-refractivity contribution < 1.29 is 9.15 Å². The lowest BCUT2D eigenvalue weighted by molar-refractivity contribution is 0.0558. The van der Waals surface area contributed by atoms with Gasteiger partial charge in [-0.25, -0.2) is 0 Å². The van der Waals surface area contributed by atoms with Crippen molar-refractivity contribution in [1.29, 1.82) is 0 Å². The van der Waals surface area contributed by atoms with Gasteiger partial charge in [-0.1, -0.05) is 0 Å². The van der Waals surface area contributed by atoms with Crippen molar-refractivity contribution in [2.24, 2.45) is 5.92 Å². The fourth-order valence-corrected chi connectivity index (χ4v) is 2.05. The van der Waals surface area contributed by atoms with E-state index in [1.165, 1.54) is 18.4 Å². The molecule has 3 heteroatoms. The second-order valence-corrected chi connectivity index (χ2v) is 4.25. The van der Waals surface area contributed by atoms with E-state index in [0.29, 0.717) is 6.04 Å². The highest BCUT2D eigenvalue weighted by molar-refractivity contribution is 5.04. The molecular formula is C12H19NO2. The van der Waals surface area contributed by atoms with Crippen LogP contribution >= 0.6 is 0 Å². The lowest BCUT2D eigenvalue weighted by atomic mass is 9.93. The largest absolute Gasteiger partial charge is 0.472 e. The van der Waals surface area contributed by atoms with Gasteiger partial charge in [-0.15, -0.1) is 0 Å². The molecule has 1 saturated heterocycles. The van der Waals surface area contributed by atoms with Crippen LogP contribution in [0.15, 0.2) is 23.0 Å². The zero-order chi connectivity index (χ0) is 10.5. The van der Waals surface area contributed by atoms with Crippen LogP contribution in [0.3, 0.4) is 0 Å². The Morgan fingerprint density at radius 2 is 2.27 bits per heavy atom. The van der Waals surface area contributed by atoms with Crippen LogP contribution in [-0.2, 0) is 11.3 Å². The topological polar surface area (TPSA) is 34.4 Å². The standard InChI is InChI=1S/C12H19NO2/c1-10(12-3-6-14-7-4-12)13-8-11-2-5-15-9-11/h2,5,9-10,12-13H,3-4,6-8H2,1H3. The monoisotopic (exact) mass is 209 g/mol. The first-order chi connectivity index (χ1) is 7.36. The van der Waals surface area contributed by atoms with Crippen LogP contribution in [0, 0.1) is 5.92 Å². The molecule has 1 aromatic heterocycles. The highest BCUT2D eigenvalue weighted by atomic mass is 16.5. The van der Waals surface area contributed by atoms with E-state index in [0.717, 1.165) is 25.7 Å². The van der Waals surface area contributed by atoms with E-state index in [2.05, 4.69) is 12.2 Å². The van der Waals surface area contributed by atoms with Crippen LogP contribution in [0.5, 0.6) is 0 Å². The van der Waals surface area contributed by atoms with Crippen molar-refractivity contribution in [3.63, 3.8) is 0 Å². The van der Waals surface area contributed by atoms with Gasteiger partial charge in [0.15, 0.2) is 0 Å². The molecular weight excluding hydrogens is 190 g/mol. The van der Waals surface area contributed by atoms with E-state index in [-0.39, 0.29) is 0 Å². The molecule has 1 atom stereocenters. The lowest BCUT2D eigenvalue weighted by Gasteiger charge is -2.28. The Morgan fingerprint density at radius 1 is 1.47 bits per heavy atom. The fourth-order valence-electron chi connectivity index (χ4n) is 2.05. The van der Waals surface area contributed by atoms with Gasteiger partial charge in [0, 0.05) is 31.4 Å². The number of nitrogens with one attached hydrogen (secondary N) is 1. The molecule has 1 unspecified atom stereocenters. The Labute approximate surface area is 90.8 Å². The molecule has 0 bridgehead atoms. The Balaban J connectivity index is 1.74. The summed E-state index contributed by atoms with van der Waals surface area (Å²) in [7, 11) is 0. The van der Waals surface area contributed by atoms with Crippen molar-refractivity contribution in [3.8, 4) is 0 Å². The van der Waals surface area contributed by atoms with E-state index in [4.69, 9.17) is 9.15 Å². The molecule has 15 heavy (non-hydrogen) atoms. The molecule has 84 valence electrons. The van der Waals surface area contributed by atoms with Crippen LogP contribution < -0.4 is 5.32 Å². The minimum atomic E-state index is 0.559. The summed E-state index contributed by atoms with van der Waals surface area (Å²) in [5.41, 5.74) is 1.22. The highest BCUT2D eigenvalue weighted by Crippen LogP contribution is 2.18. The molecule has 2 rings (SSSR count). The van der Waals surface area contributed by atoms with E-state index >= 15 is 0 Å². The van der Waals surface area contributed by atoms with Crippen molar-refractivity contribution in [1.82, 2.24) is 5.32 Å². The molecule has 3 nitrogen and oxygen atoms in total. The molecule has 1 fully saturated rings. The summed E-state index contributed by atoms with van der Waals surface area (Å²) >= 11 is 0. The molecule has 0 aromatic carbocycles. The number of ether oxygens (including phenoxy) is 1. The minimum absolute atomic E-state index is 0.559. The fraction of sp³-hybridized carbons (Fsp3) is 0.667. The van der Waals surface area contributed by atoms with Gasteiger partial charge in [0.1, 0.15) is 0 Å². The van der Waals surface area contributed by atoms with Crippen molar-refractivity contribution in [2.75, 3.05) is 13.2 Å². The van der Waals surface area contributed by atoms with Crippen LogP contribution in [-0.4, -0.2) is 19.3 Å². The smallest absolute Gasteiger partial charge is 0.0947 e. The van der Waals surface area contributed by atoms with Crippen LogP contribution in [0.4, 0.5) is 0 Å². The van der Waals surface area contributed by atoms with Gasteiger partial charge in [-0.2, -0.15) is 0 Å². The maximum Gasteiger partial charge on any atom is 0.0947 e. The average molecular weight is 209 g/mol. The lowest BCUT2D eigenvalue weighted by Crippen LogP contribution is -2.36. The zero-order valence-corrected chi connectivity index (χ0v) is 9.24. The quantitative estimate of drug-likeness (QED) is 0.825. The first kappa shape index (κ1) is 10.7. The molecule has 1 aromatic rings. The summed E-state index contributed by atoms with van der Waals surface area (Å²) in [5.74, 6) is 0.755. The SMILES string of the molecule is CC(NCc1ccoc1)C1CCOCC1. The second-order valence-electron chi connectivity index (χ2n) is 4.25.